The molecule has 0 aliphatic carbocycles. The standard InChI is InChI=1S/C3H8N2S2/c4-1-2-7-3(5)6/h1-2,4H2,(H2,5,6). The topological polar surface area (TPSA) is 52.0 Å². The van der Waals surface area contributed by atoms with Crippen molar-refractivity contribution in [3.8, 4) is 0 Å². The van der Waals surface area contributed by atoms with Crippen LogP contribution in [0.2, 0.25) is 0 Å². The highest BCUT2D eigenvalue weighted by Crippen LogP contribution is 1.95. The number of rotatable bonds is 2. The molecule has 0 saturated carbocycles. The Morgan fingerprint density at radius 3 is 2.43 bits per heavy atom. The van der Waals surface area contributed by atoms with E-state index in [2.05, 4.69) is 12.2 Å². The maximum absolute atomic E-state index is 5.14. The van der Waals surface area contributed by atoms with Crippen molar-refractivity contribution in [2.45, 2.75) is 0 Å². The predicted molar refractivity (Wildman–Crippen MR) is 38.3 cm³/mol. The minimum Gasteiger partial charge on any atom is -0.385 e. The van der Waals surface area contributed by atoms with E-state index in [0.29, 0.717) is 10.9 Å². The van der Waals surface area contributed by atoms with Crippen molar-refractivity contribution in [2.24, 2.45) is 11.5 Å². The number of hydrogen-bond donors (Lipinski definition) is 2. The minimum absolute atomic E-state index is 0.477. The lowest BCUT2D eigenvalue weighted by molar-refractivity contribution is 1.15. The molecule has 0 fully saturated rings. The maximum Gasteiger partial charge on any atom is 0.131 e. The lowest BCUT2D eigenvalue weighted by atomic mass is 10.8. The lowest BCUT2D eigenvalue weighted by Crippen LogP contribution is -2.08. The second kappa shape index (κ2) is 4.36. The fourth-order valence-corrected chi connectivity index (χ4v) is 0.729. The van der Waals surface area contributed by atoms with Crippen LogP contribution in [0.4, 0.5) is 0 Å². The first-order valence-electron chi connectivity index (χ1n) is 1.89. The van der Waals surface area contributed by atoms with E-state index in [1.807, 2.05) is 0 Å². The molecule has 0 saturated heterocycles. The van der Waals surface area contributed by atoms with Crippen molar-refractivity contribution in [1.82, 2.24) is 0 Å². The zero-order valence-electron chi connectivity index (χ0n) is 3.89. The monoisotopic (exact) mass is 136 g/mol. The normalized spacial score (nSPS) is 8.71. The highest BCUT2D eigenvalue weighted by atomic mass is 32.2. The van der Waals surface area contributed by atoms with Crippen LogP contribution in [0.3, 0.4) is 0 Å². The van der Waals surface area contributed by atoms with Crippen LogP contribution < -0.4 is 11.5 Å². The second-order valence-electron chi connectivity index (χ2n) is 0.956. The first-order valence-corrected chi connectivity index (χ1v) is 3.29. The Kier molecular flexibility index (Phi) is 4.49. The third-order valence-electron chi connectivity index (χ3n) is 0.362. The van der Waals surface area contributed by atoms with Gasteiger partial charge in [-0.25, -0.2) is 0 Å². The van der Waals surface area contributed by atoms with Crippen molar-refractivity contribution >= 4 is 28.3 Å². The molecule has 7 heavy (non-hydrogen) atoms. The summed E-state index contributed by atoms with van der Waals surface area (Å²) in [6, 6.07) is 0. The van der Waals surface area contributed by atoms with Gasteiger partial charge < -0.3 is 11.5 Å². The molecule has 0 aliphatic heterocycles. The molecule has 4 N–H and O–H groups in total. The van der Waals surface area contributed by atoms with E-state index in [-0.39, 0.29) is 0 Å². The maximum atomic E-state index is 5.14. The first-order chi connectivity index (χ1) is 3.27. The molecule has 0 aliphatic rings. The largest absolute Gasteiger partial charge is 0.385 e. The smallest absolute Gasteiger partial charge is 0.131 e. The van der Waals surface area contributed by atoms with Gasteiger partial charge in [-0.2, -0.15) is 0 Å². The summed E-state index contributed by atoms with van der Waals surface area (Å²) in [6.45, 7) is 0.641. The van der Waals surface area contributed by atoms with Crippen LogP contribution in [0.25, 0.3) is 0 Å². The van der Waals surface area contributed by atoms with E-state index in [4.69, 9.17) is 11.5 Å². The zero-order valence-corrected chi connectivity index (χ0v) is 5.52. The van der Waals surface area contributed by atoms with Gasteiger partial charge in [0.05, 0.1) is 0 Å². The number of thioether (sulfide) groups is 1. The average Bonchev–Trinajstić information content (AvgIpc) is 1.61. The molecule has 0 spiro atoms. The van der Waals surface area contributed by atoms with Crippen LogP contribution in [0, 0.1) is 0 Å². The average molecular weight is 136 g/mol. The highest BCUT2D eigenvalue weighted by molar-refractivity contribution is 8.22. The molecule has 4 heteroatoms. The van der Waals surface area contributed by atoms with Gasteiger partial charge in [-0.05, 0) is 0 Å². The van der Waals surface area contributed by atoms with Crippen LogP contribution in [0.1, 0.15) is 0 Å². The Hall–Kier alpha value is 0.200. The lowest BCUT2D eigenvalue weighted by Gasteiger charge is -1.90. The molecule has 0 amide bonds. The summed E-state index contributed by atoms with van der Waals surface area (Å²) in [7, 11) is 0. The predicted octanol–water partition coefficient (Wildman–Crippen LogP) is -0.0781. The van der Waals surface area contributed by atoms with Gasteiger partial charge in [0.2, 0.25) is 0 Å². The molecule has 0 radical (unpaired) electrons. The third-order valence-corrected chi connectivity index (χ3v) is 1.44. The highest BCUT2D eigenvalue weighted by Gasteiger charge is 1.84. The van der Waals surface area contributed by atoms with Crippen LogP contribution >= 0.6 is 24.0 Å². The van der Waals surface area contributed by atoms with E-state index in [1.165, 1.54) is 11.8 Å². The molecule has 0 heterocycles. The molecule has 0 aromatic heterocycles. The van der Waals surface area contributed by atoms with E-state index >= 15 is 0 Å². The van der Waals surface area contributed by atoms with Gasteiger partial charge in [0.25, 0.3) is 0 Å². The van der Waals surface area contributed by atoms with Gasteiger partial charge in [0.15, 0.2) is 0 Å². The molecule has 0 rings (SSSR count). The Bertz CT molecular complexity index is 64.0. The van der Waals surface area contributed by atoms with Crippen molar-refractivity contribution in [3.63, 3.8) is 0 Å². The zero-order chi connectivity index (χ0) is 5.70. The summed E-state index contributed by atoms with van der Waals surface area (Å²) in [6.07, 6.45) is 0. The molecule has 0 aromatic carbocycles. The van der Waals surface area contributed by atoms with E-state index < -0.39 is 0 Å². The molecular weight excluding hydrogens is 128 g/mol. The Labute approximate surface area is 52.6 Å². The summed E-state index contributed by atoms with van der Waals surface area (Å²) in [5.41, 5.74) is 10.3. The van der Waals surface area contributed by atoms with Crippen LogP contribution in [0.5, 0.6) is 0 Å². The summed E-state index contributed by atoms with van der Waals surface area (Å²) in [4.78, 5) is 0. The first kappa shape index (κ1) is 7.20. The molecule has 2 nitrogen and oxygen atoms in total. The summed E-state index contributed by atoms with van der Waals surface area (Å²) >= 11 is 5.96. The second-order valence-corrected chi connectivity index (χ2v) is 2.79. The number of nitrogens with two attached hydrogens (primary N) is 2. The Balaban J connectivity index is 2.82. The molecule has 42 valence electrons. The minimum atomic E-state index is 0.477. The molecule has 0 aromatic rings. The van der Waals surface area contributed by atoms with Crippen LogP contribution in [0.15, 0.2) is 0 Å². The third kappa shape index (κ3) is 6.20. The van der Waals surface area contributed by atoms with Crippen molar-refractivity contribution in [2.75, 3.05) is 12.3 Å². The van der Waals surface area contributed by atoms with Crippen molar-refractivity contribution in [3.05, 3.63) is 0 Å². The van der Waals surface area contributed by atoms with Gasteiger partial charge in [0, 0.05) is 12.3 Å². The molecule has 0 unspecified atom stereocenters. The van der Waals surface area contributed by atoms with Crippen molar-refractivity contribution in [1.29, 1.82) is 0 Å². The van der Waals surface area contributed by atoms with Gasteiger partial charge in [0.1, 0.15) is 4.32 Å². The fraction of sp³-hybridized carbons (Fsp3) is 0.667. The SMILES string of the molecule is NCCSC(N)=S. The van der Waals surface area contributed by atoms with Crippen molar-refractivity contribution < 1.29 is 0 Å². The summed E-state index contributed by atoms with van der Waals surface area (Å²) in [5.74, 6) is 0.829. The Morgan fingerprint density at radius 2 is 2.29 bits per heavy atom. The fourth-order valence-electron chi connectivity index (χ4n) is 0.160. The molecule has 0 atom stereocenters. The summed E-state index contributed by atoms with van der Waals surface area (Å²) in [5, 5.41) is 0. The van der Waals surface area contributed by atoms with Gasteiger partial charge in [-0.3, -0.25) is 0 Å². The van der Waals surface area contributed by atoms with E-state index in [9.17, 15) is 0 Å². The van der Waals surface area contributed by atoms with E-state index in [1.54, 1.807) is 0 Å². The summed E-state index contributed by atoms with van der Waals surface area (Å²) < 4.78 is 0.477. The Morgan fingerprint density at radius 1 is 1.71 bits per heavy atom. The van der Waals surface area contributed by atoms with Gasteiger partial charge >= 0.3 is 0 Å². The van der Waals surface area contributed by atoms with Gasteiger partial charge in [-0.1, -0.05) is 24.0 Å². The quantitative estimate of drug-likeness (QED) is 0.521. The van der Waals surface area contributed by atoms with Gasteiger partial charge in [-0.15, -0.1) is 0 Å². The van der Waals surface area contributed by atoms with E-state index in [0.717, 1.165) is 5.75 Å². The number of hydrogen-bond acceptors (Lipinski definition) is 3. The van der Waals surface area contributed by atoms with Crippen LogP contribution in [-0.2, 0) is 0 Å². The number of thiocarbonyl (C=S) groups is 1. The molecule has 0 bridgehead atoms. The van der Waals surface area contributed by atoms with Crippen LogP contribution in [-0.4, -0.2) is 16.6 Å². The molecular formula is C3H8N2S2.